The molecule has 62 valence electrons. The normalized spacial score (nSPS) is 9.77. The van der Waals surface area contributed by atoms with E-state index in [0.717, 1.165) is 16.3 Å². The largest absolute Gasteiger partial charge is 0.383 e. The Morgan fingerprint density at radius 2 is 1.92 bits per heavy atom. The SMILES string of the molecule is C#Cc1cnc(N)c2ccccc12. The fourth-order valence-electron chi connectivity index (χ4n) is 1.33. The average molecular weight is 168 g/mol. The van der Waals surface area contributed by atoms with E-state index in [9.17, 15) is 0 Å². The quantitative estimate of drug-likeness (QED) is 0.609. The third-order valence-corrected chi connectivity index (χ3v) is 1.98. The third kappa shape index (κ3) is 1.11. The molecule has 0 aliphatic heterocycles. The summed E-state index contributed by atoms with van der Waals surface area (Å²) in [7, 11) is 0. The van der Waals surface area contributed by atoms with Gasteiger partial charge >= 0.3 is 0 Å². The molecule has 0 amide bonds. The Balaban J connectivity index is 2.95. The van der Waals surface area contributed by atoms with Crippen LogP contribution in [0.4, 0.5) is 5.82 Å². The van der Waals surface area contributed by atoms with Crippen molar-refractivity contribution in [3.05, 3.63) is 36.0 Å². The second-order valence-electron chi connectivity index (χ2n) is 2.75. The summed E-state index contributed by atoms with van der Waals surface area (Å²) in [5, 5.41) is 1.90. The molecule has 0 unspecified atom stereocenters. The van der Waals surface area contributed by atoms with E-state index >= 15 is 0 Å². The Morgan fingerprint density at radius 3 is 2.62 bits per heavy atom. The summed E-state index contributed by atoms with van der Waals surface area (Å²) in [6.07, 6.45) is 6.96. The maximum atomic E-state index is 5.70. The van der Waals surface area contributed by atoms with Crippen molar-refractivity contribution >= 4 is 16.6 Å². The van der Waals surface area contributed by atoms with Gasteiger partial charge in [-0.05, 0) is 0 Å². The van der Waals surface area contributed by atoms with E-state index in [1.807, 2.05) is 24.3 Å². The Hall–Kier alpha value is -2.01. The predicted octanol–water partition coefficient (Wildman–Crippen LogP) is 1.80. The van der Waals surface area contributed by atoms with Crippen LogP contribution in [-0.2, 0) is 0 Å². The molecule has 0 spiro atoms. The third-order valence-electron chi connectivity index (χ3n) is 1.98. The molecule has 0 bridgehead atoms. The van der Waals surface area contributed by atoms with Gasteiger partial charge in [0.1, 0.15) is 5.82 Å². The van der Waals surface area contributed by atoms with Gasteiger partial charge in [-0.2, -0.15) is 0 Å². The molecule has 0 aliphatic carbocycles. The molecule has 1 heterocycles. The van der Waals surface area contributed by atoms with Gasteiger partial charge in [0.2, 0.25) is 0 Å². The maximum absolute atomic E-state index is 5.70. The Kier molecular flexibility index (Phi) is 1.64. The number of nitrogens with two attached hydrogens (primary N) is 1. The molecule has 1 aromatic heterocycles. The minimum absolute atomic E-state index is 0.523. The van der Waals surface area contributed by atoms with Crippen LogP contribution >= 0.6 is 0 Å². The topological polar surface area (TPSA) is 38.9 Å². The van der Waals surface area contributed by atoms with Gasteiger partial charge in [0.25, 0.3) is 0 Å². The smallest absolute Gasteiger partial charge is 0.131 e. The molecular weight excluding hydrogens is 160 g/mol. The Morgan fingerprint density at radius 1 is 1.23 bits per heavy atom. The second-order valence-corrected chi connectivity index (χ2v) is 2.75. The van der Waals surface area contributed by atoms with E-state index < -0.39 is 0 Å². The van der Waals surface area contributed by atoms with Gasteiger partial charge in [-0.1, -0.05) is 30.2 Å². The number of hydrogen-bond donors (Lipinski definition) is 1. The number of anilines is 1. The number of hydrogen-bond acceptors (Lipinski definition) is 2. The van der Waals surface area contributed by atoms with Crippen molar-refractivity contribution in [3.8, 4) is 12.3 Å². The molecule has 0 atom stereocenters. The lowest BCUT2D eigenvalue weighted by Crippen LogP contribution is -1.92. The number of aromatic nitrogens is 1. The molecule has 0 saturated heterocycles. The van der Waals surface area contributed by atoms with Gasteiger partial charge in [0.05, 0.1) is 5.56 Å². The maximum Gasteiger partial charge on any atom is 0.131 e. The van der Waals surface area contributed by atoms with Crippen LogP contribution in [0.15, 0.2) is 30.5 Å². The molecule has 13 heavy (non-hydrogen) atoms. The van der Waals surface area contributed by atoms with E-state index in [1.54, 1.807) is 6.20 Å². The van der Waals surface area contributed by atoms with Gasteiger partial charge in [0.15, 0.2) is 0 Å². The van der Waals surface area contributed by atoms with Crippen molar-refractivity contribution in [2.24, 2.45) is 0 Å². The molecular formula is C11H8N2. The monoisotopic (exact) mass is 168 g/mol. The van der Waals surface area contributed by atoms with Crippen LogP contribution in [0.3, 0.4) is 0 Å². The molecule has 0 aliphatic rings. The van der Waals surface area contributed by atoms with Gasteiger partial charge in [-0.25, -0.2) is 4.98 Å². The molecule has 2 rings (SSSR count). The standard InChI is InChI=1S/C11H8N2/c1-2-8-7-13-11(12)10-6-4-3-5-9(8)10/h1,3-7H,(H2,12,13). The number of terminal acetylenes is 1. The van der Waals surface area contributed by atoms with Gasteiger partial charge in [0, 0.05) is 17.0 Å². The zero-order valence-electron chi connectivity index (χ0n) is 6.99. The van der Waals surface area contributed by atoms with Gasteiger partial charge in [-0.3, -0.25) is 0 Å². The first-order valence-electron chi connectivity index (χ1n) is 3.93. The summed E-state index contributed by atoms with van der Waals surface area (Å²) in [5.74, 6) is 3.10. The van der Waals surface area contributed by atoms with Crippen LogP contribution in [-0.4, -0.2) is 4.98 Å². The molecule has 1 aromatic carbocycles. The minimum atomic E-state index is 0.523. The van der Waals surface area contributed by atoms with Crippen LogP contribution in [0.5, 0.6) is 0 Å². The number of benzene rings is 1. The Labute approximate surface area is 76.4 Å². The van der Waals surface area contributed by atoms with Gasteiger partial charge in [-0.15, -0.1) is 6.42 Å². The van der Waals surface area contributed by atoms with Crippen molar-refractivity contribution in [2.45, 2.75) is 0 Å². The first-order valence-corrected chi connectivity index (χ1v) is 3.93. The van der Waals surface area contributed by atoms with Crippen LogP contribution in [0, 0.1) is 12.3 Å². The fraction of sp³-hybridized carbons (Fsp3) is 0. The lowest BCUT2D eigenvalue weighted by molar-refractivity contribution is 1.36. The summed E-state index contributed by atoms with van der Waals surface area (Å²) >= 11 is 0. The number of rotatable bonds is 0. The van der Waals surface area contributed by atoms with Gasteiger partial charge < -0.3 is 5.73 Å². The second kappa shape index (κ2) is 2.80. The highest BCUT2D eigenvalue weighted by Gasteiger charge is 2.01. The summed E-state index contributed by atoms with van der Waals surface area (Å²) < 4.78 is 0. The average Bonchev–Trinajstić information content (AvgIpc) is 2.19. The highest BCUT2D eigenvalue weighted by Crippen LogP contribution is 2.21. The lowest BCUT2D eigenvalue weighted by atomic mass is 10.1. The van der Waals surface area contributed by atoms with Crippen molar-refractivity contribution in [2.75, 3.05) is 5.73 Å². The molecule has 2 heteroatoms. The van der Waals surface area contributed by atoms with Crippen LogP contribution in [0.1, 0.15) is 5.56 Å². The van der Waals surface area contributed by atoms with Crippen LogP contribution in [0.25, 0.3) is 10.8 Å². The summed E-state index contributed by atoms with van der Waals surface area (Å²) in [5.41, 5.74) is 6.48. The summed E-state index contributed by atoms with van der Waals surface area (Å²) in [6, 6.07) is 7.71. The van der Waals surface area contributed by atoms with E-state index in [0.29, 0.717) is 5.82 Å². The summed E-state index contributed by atoms with van der Waals surface area (Å²) in [4.78, 5) is 4.01. The predicted molar refractivity (Wildman–Crippen MR) is 54.1 cm³/mol. The first-order chi connectivity index (χ1) is 6.33. The van der Waals surface area contributed by atoms with Crippen molar-refractivity contribution in [1.82, 2.24) is 4.98 Å². The highest BCUT2D eigenvalue weighted by molar-refractivity contribution is 5.94. The number of fused-ring (bicyclic) bond motifs is 1. The highest BCUT2D eigenvalue weighted by atomic mass is 14.8. The number of pyridine rings is 1. The van der Waals surface area contributed by atoms with Crippen molar-refractivity contribution < 1.29 is 0 Å². The molecule has 2 aromatic rings. The lowest BCUT2D eigenvalue weighted by Gasteiger charge is -2.02. The van der Waals surface area contributed by atoms with Crippen molar-refractivity contribution in [3.63, 3.8) is 0 Å². The molecule has 2 N–H and O–H groups in total. The van der Waals surface area contributed by atoms with E-state index in [2.05, 4.69) is 10.9 Å². The molecule has 0 fully saturated rings. The zero-order chi connectivity index (χ0) is 9.26. The van der Waals surface area contributed by atoms with Crippen molar-refractivity contribution in [1.29, 1.82) is 0 Å². The van der Waals surface area contributed by atoms with E-state index in [-0.39, 0.29) is 0 Å². The molecule has 2 nitrogen and oxygen atoms in total. The first kappa shape index (κ1) is 7.63. The van der Waals surface area contributed by atoms with E-state index in [4.69, 9.17) is 12.2 Å². The number of nitrogen functional groups attached to an aromatic ring is 1. The number of nitrogens with zero attached hydrogens (tertiary/aromatic N) is 1. The van der Waals surface area contributed by atoms with E-state index in [1.165, 1.54) is 0 Å². The van der Waals surface area contributed by atoms with Crippen LogP contribution in [0.2, 0.25) is 0 Å². The molecule has 0 saturated carbocycles. The minimum Gasteiger partial charge on any atom is -0.383 e. The van der Waals surface area contributed by atoms with Crippen LogP contribution < -0.4 is 5.73 Å². The molecule has 0 radical (unpaired) electrons. The summed E-state index contributed by atoms with van der Waals surface area (Å²) in [6.45, 7) is 0. The Bertz CT molecular complexity index is 495. The zero-order valence-corrected chi connectivity index (χ0v) is 6.99. The fourth-order valence-corrected chi connectivity index (χ4v) is 1.33.